The molecule has 0 aliphatic rings. The van der Waals surface area contributed by atoms with Crippen molar-refractivity contribution in [3.63, 3.8) is 0 Å². The summed E-state index contributed by atoms with van der Waals surface area (Å²) in [5, 5.41) is 9.68. The Balaban J connectivity index is 1.62. The molecule has 4 aromatic rings. The Kier molecular flexibility index (Phi) is 7.03. The Hall–Kier alpha value is -4.55. The number of benzene rings is 1. The van der Waals surface area contributed by atoms with E-state index in [1.165, 1.54) is 24.6 Å². The predicted octanol–water partition coefficient (Wildman–Crippen LogP) is 4.90. The number of amides is 2. The van der Waals surface area contributed by atoms with E-state index in [2.05, 4.69) is 30.4 Å². The van der Waals surface area contributed by atoms with Gasteiger partial charge in [0.2, 0.25) is 5.91 Å². The van der Waals surface area contributed by atoms with Crippen molar-refractivity contribution < 1.29 is 31.9 Å². The first-order chi connectivity index (χ1) is 17.8. The fourth-order valence-corrected chi connectivity index (χ4v) is 3.88. The average Bonchev–Trinajstić information content (AvgIpc) is 3.20. The number of fused-ring (bicyclic) bond motifs is 1. The van der Waals surface area contributed by atoms with Gasteiger partial charge in [-0.05, 0) is 57.2 Å². The van der Waals surface area contributed by atoms with Crippen molar-refractivity contribution in [1.82, 2.24) is 24.9 Å². The van der Waals surface area contributed by atoms with Crippen molar-refractivity contribution in [2.45, 2.75) is 40.1 Å². The molecule has 0 saturated carbocycles. The Morgan fingerprint density at radius 2 is 1.79 bits per heavy atom. The number of carbonyl (C=O) groups excluding carboxylic acids is 2. The summed E-state index contributed by atoms with van der Waals surface area (Å²) in [7, 11) is 0. The van der Waals surface area contributed by atoms with Gasteiger partial charge in [-0.25, -0.2) is 13.9 Å². The fourth-order valence-electron chi connectivity index (χ4n) is 3.88. The Bertz CT molecular complexity index is 1550. The number of alkyl halides is 3. The second kappa shape index (κ2) is 10.1. The Morgan fingerprint density at radius 3 is 2.47 bits per heavy atom. The van der Waals surface area contributed by atoms with E-state index in [4.69, 9.17) is 0 Å². The van der Waals surface area contributed by atoms with Gasteiger partial charge in [0.05, 0.1) is 29.2 Å². The van der Waals surface area contributed by atoms with E-state index in [0.717, 1.165) is 18.2 Å². The molecule has 3 heterocycles. The van der Waals surface area contributed by atoms with Crippen LogP contribution in [0.15, 0.2) is 42.6 Å². The van der Waals surface area contributed by atoms with Gasteiger partial charge in [-0.3, -0.25) is 14.6 Å². The SMILES string of the molecule is CC(=O)Nc1cn2nc(-c3cc(C(=O)N[C@H](C)c4cc(OC(F)(F)F)ccc4F)c(C)nc3C)ccc2n1. The molecule has 38 heavy (non-hydrogen) atoms. The van der Waals surface area contributed by atoms with Gasteiger partial charge in [0.25, 0.3) is 5.91 Å². The number of aryl methyl sites for hydroxylation is 2. The summed E-state index contributed by atoms with van der Waals surface area (Å²) in [6.45, 7) is 6.17. The number of carbonyl (C=O) groups is 2. The average molecular weight is 530 g/mol. The van der Waals surface area contributed by atoms with Crippen LogP contribution in [0.3, 0.4) is 0 Å². The third-order valence-corrected chi connectivity index (χ3v) is 5.56. The second-order valence-corrected chi connectivity index (χ2v) is 8.51. The van der Waals surface area contributed by atoms with Crippen LogP contribution in [0.5, 0.6) is 5.75 Å². The van der Waals surface area contributed by atoms with Gasteiger partial charge in [-0.2, -0.15) is 5.10 Å². The number of ether oxygens (including phenoxy) is 1. The van der Waals surface area contributed by atoms with Crippen molar-refractivity contribution >= 4 is 23.3 Å². The maximum Gasteiger partial charge on any atom is 0.573 e. The van der Waals surface area contributed by atoms with Crippen LogP contribution in [0.1, 0.15) is 47.2 Å². The lowest BCUT2D eigenvalue weighted by Gasteiger charge is -2.18. The first-order valence-electron chi connectivity index (χ1n) is 11.3. The van der Waals surface area contributed by atoms with Crippen LogP contribution in [-0.2, 0) is 4.79 Å². The molecule has 9 nitrogen and oxygen atoms in total. The molecule has 1 aromatic carbocycles. The molecule has 2 N–H and O–H groups in total. The van der Waals surface area contributed by atoms with E-state index in [9.17, 15) is 27.2 Å². The van der Waals surface area contributed by atoms with Crippen LogP contribution in [0.2, 0.25) is 0 Å². The quantitative estimate of drug-likeness (QED) is 0.344. The Morgan fingerprint density at radius 1 is 1.05 bits per heavy atom. The summed E-state index contributed by atoms with van der Waals surface area (Å²) in [4.78, 5) is 33.1. The molecule has 4 rings (SSSR count). The van der Waals surface area contributed by atoms with Gasteiger partial charge in [0.1, 0.15) is 11.6 Å². The molecular formula is C25H22F4N6O3. The normalized spacial score (nSPS) is 12.3. The number of nitrogens with one attached hydrogen (secondary N) is 2. The molecule has 3 aromatic heterocycles. The first kappa shape index (κ1) is 26.5. The summed E-state index contributed by atoms with van der Waals surface area (Å²) < 4.78 is 57.5. The summed E-state index contributed by atoms with van der Waals surface area (Å²) in [5.41, 5.74) is 2.47. The lowest BCUT2D eigenvalue weighted by molar-refractivity contribution is -0.274. The van der Waals surface area contributed by atoms with Gasteiger partial charge < -0.3 is 15.4 Å². The van der Waals surface area contributed by atoms with E-state index in [1.807, 2.05) is 0 Å². The highest BCUT2D eigenvalue weighted by Crippen LogP contribution is 2.28. The molecule has 0 unspecified atom stereocenters. The number of nitrogens with zero attached hydrogens (tertiary/aromatic N) is 4. The molecule has 0 spiro atoms. The van der Waals surface area contributed by atoms with Crippen molar-refractivity contribution in [1.29, 1.82) is 0 Å². The minimum absolute atomic E-state index is 0.173. The van der Waals surface area contributed by atoms with E-state index in [-0.39, 0.29) is 17.0 Å². The van der Waals surface area contributed by atoms with Gasteiger partial charge in [0, 0.05) is 23.7 Å². The zero-order chi connectivity index (χ0) is 27.8. The van der Waals surface area contributed by atoms with Crippen LogP contribution < -0.4 is 15.4 Å². The highest BCUT2D eigenvalue weighted by molar-refractivity contribution is 5.96. The second-order valence-electron chi connectivity index (χ2n) is 8.51. The van der Waals surface area contributed by atoms with Crippen molar-refractivity contribution in [2.24, 2.45) is 0 Å². The van der Waals surface area contributed by atoms with Gasteiger partial charge in [-0.1, -0.05) is 0 Å². The lowest BCUT2D eigenvalue weighted by Crippen LogP contribution is -2.28. The summed E-state index contributed by atoms with van der Waals surface area (Å²) in [5.74, 6) is -1.97. The lowest BCUT2D eigenvalue weighted by atomic mass is 10.0. The molecule has 13 heteroatoms. The van der Waals surface area contributed by atoms with E-state index in [1.54, 1.807) is 32.0 Å². The number of aromatic nitrogens is 4. The topological polar surface area (TPSA) is 111 Å². The third-order valence-electron chi connectivity index (χ3n) is 5.56. The number of imidazole rings is 1. The number of pyridine rings is 1. The number of rotatable bonds is 6. The van der Waals surface area contributed by atoms with Crippen LogP contribution >= 0.6 is 0 Å². The predicted molar refractivity (Wildman–Crippen MR) is 129 cm³/mol. The number of halogens is 4. The van der Waals surface area contributed by atoms with Gasteiger partial charge >= 0.3 is 6.36 Å². The summed E-state index contributed by atoms with van der Waals surface area (Å²) >= 11 is 0. The minimum atomic E-state index is -4.94. The van der Waals surface area contributed by atoms with E-state index < -0.39 is 29.9 Å². The molecule has 0 fully saturated rings. The Labute approximate surface area is 213 Å². The van der Waals surface area contributed by atoms with Crippen LogP contribution in [0, 0.1) is 19.7 Å². The molecule has 0 aliphatic heterocycles. The number of anilines is 1. The van der Waals surface area contributed by atoms with Crippen LogP contribution in [-0.4, -0.2) is 37.8 Å². The minimum Gasteiger partial charge on any atom is -0.406 e. The van der Waals surface area contributed by atoms with Crippen molar-refractivity contribution in [2.75, 3.05) is 5.32 Å². The van der Waals surface area contributed by atoms with E-state index >= 15 is 0 Å². The van der Waals surface area contributed by atoms with Gasteiger partial charge in [0.15, 0.2) is 11.5 Å². The third kappa shape index (κ3) is 5.88. The largest absolute Gasteiger partial charge is 0.573 e. The molecule has 2 amide bonds. The first-order valence-corrected chi connectivity index (χ1v) is 11.3. The van der Waals surface area contributed by atoms with Crippen LogP contribution in [0.4, 0.5) is 23.4 Å². The molecule has 1 atom stereocenters. The van der Waals surface area contributed by atoms with Crippen molar-refractivity contribution in [3.05, 3.63) is 70.9 Å². The summed E-state index contributed by atoms with van der Waals surface area (Å²) in [6, 6.07) is 6.54. The summed E-state index contributed by atoms with van der Waals surface area (Å²) in [6.07, 6.45) is -3.40. The molecule has 0 bridgehead atoms. The van der Waals surface area contributed by atoms with Gasteiger partial charge in [-0.15, -0.1) is 13.2 Å². The monoisotopic (exact) mass is 530 g/mol. The number of hydrogen-bond donors (Lipinski definition) is 2. The maximum absolute atomic E-state index is 14.4. The molecular weight excluding hydrogens is 508 g/mol. The highest BCUT2D eigenvalue weighted by atomic mass is 19.4. The molecule has 198 valence electrons. The number of hydrogen-bond acceptors (Lipinski definition) is 6. The zero-order valence-electron chi connectivity index (χ0n) is 20.6. The molecule has 0 aliphatic carbocycles. The highest BCUT2D eigenvalue weighted by Gasteiger charge is 2.31. The standard InChI is InChI=1S/C25H22F4N6O3/c1-12(17-9-16(5-6-20(17)26)38-25(27,28)29)31-24(37)19-10-18(13(2)30-14(19)3)21-7-8-23-33-22(32-15(4)36)11-35(23)34-21/h5-12H,1-4H3,(H,31,37)(H,32,36)/t12-/m1/s1. The molecule has 0 saturated heterocycles. The van der Waals surface area contributed by atoms with Crippen LogP contribution in [0.25, 0.3) is 16.9 Å². The molecule has 0 radical (unpaired) electrons. The maximum atomic E-state index is 14.4. The smallest absolute Gasteiger partial charge is 0.406 e. The zero-order valence-corrected chi connectivity index (χ0v) is 20.6. The van der Waals surface area contributed by atoms with E-state index in [0.29, 0.717) is 34.1 Å². The fraction of sp³-hybridized carbons (Fsp3) is 0.240. The van der Waals surface area contributed by atoms with Crippen molar-refractivity contribution in [3.8, 4) is 17.0 Å².